The van der Waals surface area contributed by atoms with E-state index in [1.165, 1.54) is 5.56 Å². The molecule has 2 aromatic carbocycles. The van der Waals surface area contributed by atoms with Crippen molar-refractivity contribution in [3.63, 3.8) is 0 Å². The standard InChI is InChI=1S/C24H29ClN2O4/c25-20-6-1-5-19(22(20)17-8-7-16-9-13-31-21(16)14-17)24(30,10-3-12-27-23(28)29)18-4-2-11-26-15-18/h1,5-8,14,18,26-27,30H,2-4,9-13,15H2,(H,28,29)/t18-,24?/m1/s1. The molecule has 2 aromatic rings. The van der Waals surface area contributed by atoms with E-state index < -0.39 is 11.7 Å². The molecule has 0 spiro atoms. The van der Waals surface area contributed by atoms with E-state index in [0.717, 1.165) is 48.2 Å². The highest BCUT2D eigenvalue weighted by molar-refractivity contribution is 6.33. The summed E-state index contributed by atoms with van der Waals surface area (Å²) in [5, 5.41) is 27.4. The number of fused-ring (bicyclic) bond motifs is 1. The number of rotatable bonds is 7. The Hall–Kier alpha value is -2.28. The SMILES string of the molecule is O=C(O)NCCCC(O)(c1cccc(Cl)c1-c1ccc2c(c1)OCC2)[C@@H]1CCCNC1. The number of carboxylic acid groups (broad SMARTS) is 1. The summed E-state index contributed by atoms with van der Waals surface area (Å²) in [5.74, 6) is 0.880. The molecule has 2 aliphatic heterocycles. The molecule has 4 N–H and O–H groups in total. The highest BCUT2D eigenvalue weighted by atomic mass is 35.5. The lowest BCUT2D eigenvalue weighted by Crippen LogP contribution is -2.45. The molecule has 31 heavy (non-hydrogen) atoms. The topological polar surface area (TPSA) is 90.8 Å². The molecular formula is C24H29ClN2O4. The van der Waals surface area contributed by atoms with Crippen molar-refractivity contribution in [3.8, 4) is 16.9 Å². The van der Waals surface area contributed by atoms with E-state index in [-0.39, 0.29) is 5.92 Å². The molecule has 2 heterocycles. The van der Waals surface area contributed by atoms with Crippen LogP contribution in [-0.2, 0) is 12.0 Å². The fourth-order valence-electron chi connectivity index (χ4n) is 4.87. The van der Waals surface area contributed by atoms with Crippen LogP contribution in [0.5, 0.6) is 5.75 Å². The molecule has 0 aliphatic carbocycles. The first kappa shape index (κ1) is 21.9. The van der Waals surface area contributed by atoms with E-state index in [4.69, 9.17) is 21.4 Å². The Kier molecular flexibility index (Phi) is 6.70. The van der Waals surface area contributed by atoms with Crippen LogP contribution in [0.3, 0.4) is 0 Å². The first-order valence-electron chi connectivity index (χ1n) is 10.9. The number of hydrogen-bond acceptors (Lipinski definition) is 4. The summed E-state index contributed by atoms with van der Waals surface area (Å²) >= 11 is 6.71. The van der Waals surface area contributed by atoms with Crippen molar-refractivity contribution < 1.29 is 19.7 Å². The minimum Gasteiger partial charge on any atom is -0.493 e. The number of piperidine rings is 1. The van der Waals surface area contributed by atoms with E-state index >= 15 is 0 Å². The molecule has 1 unspecified atom stereocenters. The second-order valence-electron chi connectivity index (χ2n) is 8.39. The van der Waals surface area contributed by atoms with Crippen LogP contribution in [0.4, 0.5) is 4.79 Å². The minimum atomic E-state index is -1.13. The summed E-state index contributed by atoms with van der Waals surface area (Å²) in [6.45, 7) is 2.63. The zero-order valence-corrected chi connectivity index (χ0v) is 18.3. The van der Waals surface area contributed by atoms with Gasteiger partial charge in [-0.05, 0) is 61.1 Å². The number of carbonyl (C=O) groups is 1. The van der Waals surface area contributed by atoms with Crippen molar-refractivity contribution in [2.75, 3.05) is 26.2 Å². The smallest absolute Gasteiger partial charge is 0.404 e. The molecule has 166 valence electrons. The summed E-state index contributed by atoms with van der Waals surface area (Å²) in [6, 6.07) is 11.8. The molecule has 1 saturated heterocycles. The maximum atomic E-state index is 12.1. The van der Waals surface area contributed by atoms with Crippen LogP contribution in [0, 0.1) is 5.92 Å². The molecule has 0 aromatic heterocycles. The number of ether oxygens (including phenoxy) is 1. The van der Waals surface area contributed by atoms with Crippen molar-refractivity contribution in [1.29, 1.82) is 0 Å². The van der Waals surface area contributed by atoms with Crippen molar-refractivity contribution >= 4 is 17.7 Å². The molecule has 6 nitrogen and oxygen atoms in total. The van der Waals surface area contributed by atoms with Gasteiger partial charge < -0.3 is 25.6 Å². The third-order valence-electron chi connectivity index (χ3n) is 6.45. The first-order chi connectivity index (χ1) is 15.0. The van der Waals surface area contributed by atoms with Crippen molar-refractivity contribution in [2.45, 2.75) is 37.7 Å². The van der Waals surface area contributed by atoms with Gasteiger partial charge >= 0.3 is 6.09 Å². The zero-order chi connectivity index (χ0) is 21.8. The lowest BCUT2D eigenvalue weighted by Gasteiger charge is -2.40. The lowest BCUT2D eigenvalue weighted by molar-refractivity contribution is -0.0415. The van der Waals surface area contributed by atoms with E-state index in [0.29, 0.717) is 37.6 Å². The largest absolute Gasteiger partial charge is 0.493 e. The molecule has 4 rings (SSSR count). The van der Waals surface area contributed by atoms with Gasteiger partial charge in [-0.3, -0.25) is 0 Å². The van der Waals surface area contributed by atoms with Gasteiger partial charge in [-0.25, -0.2) is 4.79 Å². The van der Waals surface area contributed by atoms with Gasteiger partial charge in [0.05, 0.1) is 12.2 Å². The van der Waals surface area contributed by atoms with Crippen LogP contribution < -0.4 is 15.4 Å². The number of amides is 1. The van der Waals surface area contributed by atoms with Gasteiger partial charge in [-0.2, -0.15) is 0 Å². The summed E-state index contributed by atoms with van der Waals surface area (Å²) in [4.78, 5) is 10.9. The Balaban J connectivity index is 1.74. The third kappa shape index (κ3) is 4.66. The maximum Gasteiger partial charge on any atom is 0.404 e. The van der Waals surface area contributed by atoms with Crippen LogP contribution >= 0.6 is 11.6 Å². The van der Waals surface area contributed by atoms with Crippen LogP contribution in [0.1, 0.15) is 36.8 Å². The number of nitrogens with one attached hydrogen (secondary N) is 2. The molecular weight excluding hydrogens is 416 g/mol. The molecule has 1 fully saturated rings. The van der Waals surface area contributed by atoms with E-state index in [9.17, 15) is 9.90 Å². The van der Waals surface area contributed by atoms with Gasteiger partial charge in [-0.1, -0.05) is 35.9 Å². The summed E-state index contributed by atoms with van der Waals surface area (Å²) in [7, 11) is 0. The van der Waals surface area contributed by atoms with E-state index in [1.807, 2.05) is 30.3 Å². The van der Waals surface area contributed by atoms with Crippen molar-refractivity contribution in [3.05, 3.63) is 52.5 Å². The van der Waals surface area contributed by atoms with Crippen molar-refractivity contribution in [2.24, 2.45) is 5.92 Å². The molecule has 2 atom stereocenters. The van der Waals surface area contributed by atoms with Gasteiger partial charge in [0.15, 0.2) is 0 Å². The molecule has 1 amide bonds. The average Bonchev–Trinajstić information content (AvgIpc) is 3.25. The van der Waals surface area contributed by atoms with Crippen molar-refractivity contribution in [1.82, 2.24) is 10.6 Å². The fourth-order valence-corrected chi connectivity index (χ4v) is 5.16. The second-order valence-corrected chi connectivity index (χ2v) is 8.79. The number of hydrogen-bond donors (Lipinski definition) is 4. The normalized spacial score (nSPS) is 19.9. The minimum absolute atomic E-state index is 0.00831. The molecule has 0 saturated carbocycles. The Morgan fingerprint density at radius 1 is 1.32 bits per heavy atom. The Morgan fingerprint density at radius 2 is 2.19 bits per heavy atom. The average molecular weight is 445 g/mol. The predicted octanol–water partition coefficient (Wildman–Crippen LogP) is 4.18. The van der Waals surface area contributed by atoms with E-state index in [1.54, 1.807) is 0 Å². The van der Waals surface area contributed by atoms with Gasteiger partial charge in [0.2, 0.25) is 0 Å². The zero-order valence-electron chi connectivity index (χ0n) is 17.5. The lowest BCUT2D eigenvalue weighted by atomic mass is 9.72. The highest BCUT2D eigenvalue weighted by Gasteiger charge is 2.40. The Morgan fingerprint density at radius 3 is 2.97 bits per heavy atom. The van der Waals surface area contributed by atoms with Crippen LogP contribution in [0.25, 0.3) is 11.1 Å². The summed E-state index contributed by atoms with van der Waals surface area (Å²) in [5.41, 5.74) is 2.59. The van der Waals surface area contributed by atoms with Gasteiger partial charge in [0, 0.05) is 36.0 Å². The van der Waals surface area contributed by atoms with Gasteiger partial charge in [0.1, 0.15) is 5.75 Å². The predicted molar refractivity (Wildman–Crippen MR) is 121 cm³/mol. The highest BCUT2D eigenvalue weighted by Crippen LogP contribution is 2.45. The Labute approximate surface area is 187 Å². The second kappa shape index (κ2) is 9.47. The molecule has 0 radical (unpaired) electrons. The summed E-state index contributed by atoms with van der Waals surface area (Å²) in [6.07, 6.45) is 2.70. The van der Waals surface area contributed by atoms with Gasteiger partial charge in [-0.15, -0.1) is 0 Å². The fraction of sp³-hybridized carbons (Fsp3) is 0.458. The van der Waals surface area contributed by atoms with Crippen LogP contribution in [0.15, 0.2) is 36.4 Å². The monoisotopic (exact) mass is 444 g/mol. The first-order valence-corrected chi connectivity index (χ1v) is 11.3. The van der Waals surface area contributed by atoms with Crippen LogP contribution in [0.2, 0.25) is 5.02 Å². The quantitative estimate of drug-likeness (QED) is 0.481. The number of halogens is 1. The summed E-state index contributed by atoms with van der Waals surface area (Å²) < 4.78 is 5.76. The van der Waals surface area contributed by atoms with Gasteiger partial charge in [0.25, 0.3) is 0 Å². The molecule has 2 aliphatic rings. The molecule has 0 bridgehead atoms. The molecule has 7 heteroatoms. The Bertz CT molecular complexity index is 945. The number of benzene rings is 2. The van der Waals surface area contributed by atoms with Crippen LogP contribution in [-0.4, -0.2) is 42.5 Å². The van der Waals surface area contributed by atoms with E-state index in [2.05, 4.69) is 16.7 Å². The third-order valence-corrected chi connectivity index (χ3v) is 6.76. The number of aliphatic hydroxyl groups is 1. The maximum absolute atomic E-state index is 12.1.